The summed E-state index contributed by atoms with van der Waals surface area (Å²) in [6, 6.07) is 17.9. The van der Waals surface area contributed by atoms with Crippen LogP contribution in [0.1, 0.15) is 11.3 Å². The Balaban J connectivity index is 1.95. The number of hydrogen-bond donors (Lipinski definition) is 2. The zero-order valence-electron chi connectivity index (χ0n) is 13.0. The zero-order chi connectivity index (χ0) is 17.6. The fourth-order valence-corrected chi connectivity index (χ4v) is 2.34. The molecule has 1 heterocycles. The molecule has 0 bridgehead atoms. The average molecular weight is 328 g/mol. The number of aromatic amines is 1. The number of rotatable bonds is 4. The van der Waals surface area contributed by atoms with Crippen LogP contribution in [0.25, 0.3) is 11.0 Å². The molecule has 3 aromatic rings. The van der Waals surface area contributed by atoms with E-state index in [-0.39, 0.29) is 17.7 Å². The van der Waals surface area contributed by atoms with Crippen molar-refractivity contribution in [1.29, 1.82) is 10.5 Å². The van der Waals surface area contributed by atoms with Gasteiger partial charge in [-0.1, -0.05) is 30.3 Å². The average Bonchev–Trinajstić information content (AvgIpc) is 2.64. The molecule has 0 spiro atoms. The van der Waals surface area contributed by atoms with Crippen molar-refractivity contribution in [3.05, 3.63) is 70.1 Å². The van der Waals surface area contributed by atoms with Crippen LogP contribution in [-0.2, 0) is 6.42 Å². The number of hydrazone groups is 1. The first-order chi connectivity index (χ1) is 12.2. The minimum atomic E-state index is -0.281. The summed E-state index contributed by atoms with van der Waals surface area (Å²) in [4.78, 5) is 19.5. The standard InChI is InChI=1S/C18H12N6O/c19-10-13(11-20)23-24-14-6-2-1-5-12(14)9-17-18(25)22-16-8-4-3-7-15(16)21-17/h1-8,24H,9H2,(H,22,25). The molecular formula is C18H12N6O. The van der Waals surface area contributed by atoms with E-state index in [1.165, 1.54) is 0 Å². The molecule has 0 unspecified atom stereocenters. The van der Waals surface area contributed by atoms with Crippen LogP contribution in [0.4, 0.5) is 5.69 Å². The highest BCUT2D eigenvalue weighted by atomic mass is 16.1. The Labute approximate surface area is 142 Å². The molecule has 3 rings (SSSR count). The van der Waals surface area contributed by atoms with Crippen LogP contribution in [0.15, 0.2) is 58.4 Å². The minimum absolute atomic E-state index is 0.258. The summed E-state index contributed by atoms with van der Waals surface area (Å²) in [5.74, 6) is 0. The van der Waals surface area contributed by atoms with Crippen LogP contribution >= 0.6 is 0 Å². The summed E-state index contributed by atoms with van der Waals surface area (Å²) < 4.78 is 0. The van der Waals surface area contributed by atoms with Crippen molar-refractivity contribution in [3.8, 4) is 12.1 Å². The van der Waals surface area contributed by atoms with Crippen molar-refractivity contribution in [2.45, 2.75) is 6.42 Å². The number of hydrogen-bond acceptors (Lipinski definition) is 6. The van der Waals surface area contributed by atoms with Crippen molar-refractivity contribution in [2.75, 3.05) is 5.43 Å². The maximum Gasteiger partial charge on any atom is 0.270 e. The molecule has 0 aliphatic rings. The first kappa shape index (κ1) is 15.9. The third kappa shape index (κ3) is 3.52. The predicted octanol–water partition coefficient (Wildman–Crippen LogP) is 2.33. The molecule has 0 aliphatic carbocycles. The fourth-order valence-electron chi connectivity index (χ4n) is 2.34. The lowest BCUT2D eigenvalue weighted by Gasteiger charge is -2.08. The molecule has 0 amide bonds. The SMILES string of the molecule is N#CC(C#N)=NNc1ccccc1Cc1nc2ccccc2[nH]c1=O. The van der Waals surface area contributed by atoms with Gasteiger partial charge in [-0.25, -0.2) is 4.98 Å². The molecule has 7 nitrogen and oxygen atoms in total. The van der Waals surface area contributed by atoms with E-state index in [1.807, 2.05) is 30.3 Å². The summed E-state index contributed by atoms with van der Waals surface area (Å²) in [5, 5.41) is 21.2. The molecule has 2 aromatic carbocycles. The maximum atomic E-state index is 12.3. The van der Waals surface area contributed by atoms with Crippen LogP contribution in [0.5, 0.6) is 0 Å². The van der Waals surface area contributed by atoms with Crippen molar-refractivity contribution in [2.24, 2.45) is 5.10 Å². The van der Waals surface area contributed by atoms with E-state index in [4.69, 9.17) is 10.5 Å². The van der Waals surface area contributed by atoms with Gasteiger partial charge in [-0.2, -0.15) is 15.6 Å². The van der Waals surface area contributed by atoms with E-state index in [0.717, 1.165) is 5.56 Å². The lowest BCUT2D eigenvalue weighted by Crippen LogP contribution is -2.16. The molecule has 2 N–H and O–H groups in total. The quantitative estimate of drug-likeness (QED) is 0.563. The summed E-state index contributed by atoms with van der Waals surface area (Å²) in [6.07, 6.45) is 0.285. The van der Waals surface area contributed by atoms with E-state index < -0.39 is 0 Å². The Kier molecular flexibility index (Phi) is 4.50. The van der Waals surface area contributed by atoms with E-state index in [0.29, 0.717) is 22.4 Å². The van der Waals surface area contributed by atoms with Crippen molar-refractivity contribution in [3.63, 3.8) is 0 Å². The van der Waals surface area contributed by atoms with E-state index in [1.54, 1.807) is 30.3 Å². The lowest BCUT2D eigenvalue weighted by atomic mass is 10.1. The number of anilines is 1. The predicted molar refractivity (Wildman–Crippen MR) is 93.9 cm³/mol. The first-order valence-electron chi connectivity index (χ1n) is 7.41. The molecule has 7 heteroatoms. The Morgan fingerprint density at radius 1 is 1.12 bits per heavy atom. The molecule has 25 heavy (non-hydrogen) atoms. The smallest absolute Gasteiger partial charge is 0.270 e. The molecule has 1 aromatic heterocycles. The number of nitrogens with zero attached hydrogens (tertiary/aromatic N) is 4. The number of aromatic nitrogens is 2. The third-order valence-corrected chi connectivity index (χ3v) is 3.54. The normalized spacial score (nSPS) is 9.84. The van der Waals surface area contributed by atoms with Gasteiger partial charge in [0.1, 0.15) is 17.8 Å². The van der Waals surface area contributed by atoms with Gasteiger partial charge >= 0.3 is 0 Å². The highest BCUT2D eigenvalue weighted by Crippen LogP contribution is 2.18. The molecule has 120 valence electrons. The summed E-state index contributed by atoms with van der Waals surface area (Å²) in [7, 11) is 0. The molecule has 0 saturated heterocycles. The Morgan fingerprint density at radius 2 is 1.84 bits per heavy atom. The van der Waals surface area contributed by atoms with Crippen LogP contribution in [-0.4, -0.2) is 15.7 Å². The second-order valence-electron chi connectivity index (χ2n) is 5.16. The first-order valence-corrected chi connectivity index (χ1v) is 7.41. The minimum Gasteiger partial charge on any atom is -0.319 e. The monoisotopic (exact) mass is 328 g/mol. The van der Waals surface area contributed by atoms with E-state index >= 15 is 0 Å². The highest BCUT2D eigenvalue weighted by Gasteiger charge is 2.09. The third-order valence-electron chi connectivity index (χ3n) is 3.54. The number of para-hydroxylation sites is 3. The zero-order valence-corrected chi connectivity index (χ0v) is 13.0. The molecular weight excluding hydrogens is 316 g/mol. The molecule has 0 saturated carbocycles. The van der Waals surface area contributed by atoms with E-state index in [9.17, 15) is 4.79 Å². The Morgan fingerprint density at radius 3 is 2.64 bits per heavy atom. The number of nitrogens with one attached hydrogen (secondary N) is 2. The van der Waals surface area contributed by atoms with Crippen LogP contribution in [0, 0.1) is 22.7 Å². The van der Waals surface area contributed by atoms with Crippen LogP contribution < -0.4 is 11.0 Å². The van der Waals surface area contributed by atoms with Crippen LogP contribution in [0.3, 0.4) is 0 Å². The maximum absolute atomic E-state index is 12.3. The topological polar surface area (TPSA) is 118 Å². The van der Waals surface area contributed by atoms with Crippen molar-refractivity contribution < 1.29 is 0 Å². The Bertz CT molecular complexity index is 1080. The Hall–Kier alpha value is -3.97. The molecule has 0 atom stereocenters. The van der Waals surface area contributed by atoms with Gasteiger partial charge in [-0.3, -0.25) is 10.2 Å². The van der Waals surface area contributed by atoms with E-state index in [2.05, 4.69) is 20.5 Å². The van der Waals surface area contributed by atoms with Gasteiger partial charge in [0.2, 0.25) is 5.71 Å². The molecule has 0 aliphatic heterocycles. The molecule has 0 radical (unpaired) electrons. The van der Waals surface area contributed by atoms with Gasteiger partial charge in [-0.05, 0) is 23.8 Å². The van der Waals surface area contributed by atoms with Gasteiger partial charge < -0.3 is 4.98 Å². The largest absolute Gasteiger partial charge is 0.319 e. The summed E-state index contributed by atoms with van der Waals surface area (Å²) >= 11 is 0. The fraction of sp³-hybridized carbons (Fsp3) is 0.0556. The number of benzene rings is 2. The number of nitriles is 2. The highest BCUT2D eigenvalue weighted by molar-refractivity contribution is 6.10. The summed E-state index contributed by atoms with van der Waals surface area (Å²) in [6.45, 7) is 0. The van der Waals surface area contributed by atoms with Crippen molar-refractivity contribution in [1.82, 2.24) is 9.97 Å². The van der Waals surface area contributed by atoms with Gasteiger partial charge in [0, 0.05) is 6.42 Å². The van der Waals surface area contributed by atoms with Crippen LogP contribution in [0.2, 0.25) is 0 Å². The second kappa shape index (κ2) is 7.07. The number of H-pyrrole nitrogens is 1. The van der Waals surface area contributed by atoms with Gasteiger partial charge in [0.05, 0.1) is 16.7 Å². The van der Waals surface area contributed by atoms with Gasteiger partial charge in [0.25, 0.3) is 5.56 Å². The lowest BCUT2D eigenvalue weighted by molar-refractivity contribution is 1.03. The van der Waals surface area contributed by atoms with Gasteiger partial charge in [-0.15, -0.1) is 0 Å². The number of fused-ring (bicyclic) bond motifs is 1. The second-order valence-corrected chi connectivity index (χ2v) is 5.16. The van der Waals surface area contributed by atoms with Gasteiger partial charge in [0.15, 0.2) is 0 Å². The van der Waals surface area contributed by atoms with Crippen molar-refractivity contribution >= 4 is 22.4 Å². The summed E-state index contributed by atoms with van der Waals surface area (Å²) in [5.41, 5.74) is 5.29. The molecule has 0 fully saturated rings.